The van der Waals surface area contributed by atoms with Gasteiger partial charge in [-0.2, -0.15) is 0 Å². The van der Waals surface area contributed by atoms with Gasteiger partial charge in [0.15, 0.2) is 5.58 Å². The number of rotatable bonds is 1. The van der Waals surface area contributed by atoms with Crippen molar-refractivity contribution in [3.8, 4) is 11.6 Å². The van der Waals surface area contributed by atoms with Gasteiger partial charge in [-0.05, 0) is 36.8 Å². The first kappa shape index (κ1) is 11.2. The molecule has 0 saturated carbocycles. The second kappa shape index (κ2) is 4.17. The van der Waals surface area contributed by atoms with Crippen LogP contribution < -0.4 is 0 Å². The van der Waals surface area contributed by atoms with E-state index in [0.717, 1.165) is 27.7 Å². The van der Waals surface area contributed by atoms with Crippen molar-refractivity contribution in [3.63, 3.8) is 0 Å². The van der Waals surface area contributed by atoms with Gasteiger partial charge in [-0.1, -0.05) is 30.3 Å². The molecule has 0 spiro atoms. The molecule has 0 atom stereocenters. The number of pyridine rings is 1. The second-order valence-corrected chi connectivity index (χ2v) is 4.88. The number of hydrogen-bond donors (Lipinski definition) is 0. The predicted octanol–water partition coefficient (Wildman–Crippen LogP) is 4.35. The minimum absolute atomic E-state index is 0.566. The van der Waals surface area contributed by atoms with Crippen LogP contribution in [0, 0.1) is 6.92 Å². The number of para-hydroxylation sites is 1. The van der Waals surface area contributed by atoms with Crippen LogP contribution in [0.1, 0.15) is 5.56 Å². The molecular formula is C17H12N2O. The first-order valence-electron chi connectivity index (χ1n) is 6.53. The molecule has 2 aromatic carbocycles. The highest BCUT2D eigenvalue weighted by Gasteiger charge is 2.10. The summed E-state index contributed by atoms with van der Waals surface area (Å²) in [6.07, 6.45) is 0. The van der Waals surface area contributed by atoms with Crippen LogP contribution in [0.15, 0.2) is 59.0 Å². The Labute approximate surface area is 115 Å². The molecule has 0 N–H and O–H groups in total. The van der Waals surface area contributed by atoms with Gasteiger partial charge in [0.2, 0.25) is 5.89 Å². The molecular weight excluding hydrogens is 248 g/mol. The SMILES string of the molecule is Cc1ccc2oc(-c3ccc4ccccc4n3)nc2c1. The minimum Gasteiger partial charge on any atom is -0.435 e. The number of hydrogen-bond acceptors (Lipinski definition) is 3. The van der Waals surface area contributed by atoms with E-state index in [4.69, 9.17) is 4.42 Å². The third-order valence-electron chi connectivity index (χ3n) is 3.36. The zero-order valence-electron chi connectivity index (χ0n) is 11.0. The van der Waals surface area contributed by atoms with Crippen molar-refractivity contribution in [2.75, 3.05) is 0 Å². The Morgan fingerprint density at radius 1 is 0.850 bits per heavy atom. The highest BCUT2D eigenvalue weighted by Crippen LogP contribution is 2.25. The van der Waals surface area contributed by atoms with Crippen molar-refractivity contribution in [1.82, 2.24) is 9.97 Å². The maximum absolute atomic E-state index is 5.78. The normalized spacial score (nSPS) is 11.2. The Hall–Kier alpha value is -2.68. The second-order valence-electron chi connectivity index (χ2n) is 4.88. The smallest absolute Gasteiger partial charge is 0.246 e. The number of aryl methyl sites for hydroxylation is 1. The zero-order chi connectivity index (χ0) is 13.5. The van der Waals surface area contributed by atoms with Gasteiger partial charge in [0.25, 0.3) is 0 Å². The highest BCUT2D eigenvalue weighted by atomic mass is 16.3. The van der Waals surface area contributed by atoms with Crippen LogP contribution in [0.25, 0.3) is 33.6 Å². The van der Waals surface area contributed by atoms with E-state index < -0.39 is 0 Å². The standard InChI is InChI=1S/C17H12N2O/c1-11-6-9-16-15(10-11)19-17(20-16)14-8-7-12-4-2-3-5-13(12)18-14/h2-10H,1H3. The summed E-state index contributed by atoms with van der Waals surface area (Å²) >= 11 is 0. The molecule has 4 rings (SSSR count). The molecule has 0 saturated heterocycles. The van der Waals surface area contributed by atoms with Crippen molar-refractivity contribution < 1.29 is 4.42 Å². The lowest BCUT2D eigenvalue weighted by atomic mass is 10.2. The van der Waals surface area contributed by atoms with Gasteiger partial charge in [0, 0.05) is 5.39 Å². The highest BCUT2D eigenvalue weighted by molar-refractivity contribution is 5.82. The van der Waals surface area contributed by atoms with E-state index in [1.54, 1.807) is 0 Å². The number of fused-ring (bicyclic) bond motifs is 2. The molecule has 0 bridgehead atoms. The zero-order valence-corrected chi connectivity index (χ0v) is 11.0. The van der Waals surface area contributed by atoms with Crippen LogP contribution in [0.2, 0.25) is 0 Å². The van der Waals surface area contributed by atoms with E-state index in [1.807, 2.05) is 61.5 Å². The van der Waals surface area contributed by atoms with Crippen LogP contribution in [0.5, 0.6) is 0 Å². The lowest BCUT2D eigenvalue weighted by molar-refractivity contribution is 0.617. The quantitative estimate of drug-likeness (QED) is 0.510. The van der Waals surface area contributed by atoms with Gasteiger partial charge in [-0.25, -0.2) is 9.97 Å². The lowest BCUT2D eigenvalue weighted by Crippen LogP contribution is -1.84. The topological polar surface area (TPSA) is 38.9 Å². The van der Waals surface area contributed by atoms with Crippen LogP contribution >= 0.6 is 0 Å². The average molecular weight is 260 g/mol. The number of oxazole rings is 1. The molecule has 4 aromatic rings. The monoisotopic (exact) mass is 260 g/mol. The number of nitrogens with zero attached hydrogens (tertiary/aromatic N) is 2. The molecule has 3 nitrogen and oxygen atoms in total. The van der Waals surface area contributed by atoms with Gasteiger partial charge in [-0.15, -0.1) is 0 Å². The molecule has 0 aliphatic carbocycles. The van der Waals surface area contributed by atoms with E-state index in [9.17, 15) is 0 Å². The van der Waals surface area contributed by atoms with E-state index in [2.05, 4.69) is 9.97 Å². The summed E-state index contributed by atoms with van der Waals surface area (Å²) in [5, 5.41) is 1.11. The number of aromatic nitrogens is 2. The van der Waals surface area contributed by atoms with Crippen LogP contribution in [0.3, 0.4) is 0 Å². The Balaban J connectivity index is 1.91. The summed E-state index contributed by atoms with van der Waals surface area (Å²) in [4.78, 5) is 9.13. The first-order valence-corrected chi connectivity index (χ1v) is 6.53. The summed E-state index contributed by atoms with van der Waals surface area (Å²) in [5.41, 5.74) is 4.54. The molecule has 3 heteroatoms. The molecule has 2 aromatic heterocycles. The van der Waals surface area contributed by atoms with Crippen molar-refractivity contribution in [2.24, 2.45) is 0 Å². The first-order chi connectivity index (χ1) is 9.79. The van der Waals surface area contributed by atoms with Crippen LogP contribution in [0.4, 0.5) is 0 Å². The summed E-state index contributed by atoms with van der Waals surface area (Å²) in [6.45, 7) is 2.04. The molecule has 0 radical (unpaired) electrons. The van der Waals surface area contributed by atoms with Gasteiger partial charge < -0.3 is 4.42 Å². The van der Waals surface area contributed by atoms with Crippen molar-refractivity contribution in [2.45, 2.75) is 6.92 Å². The Kier molecular flexibility index (Phi) is 2.33. The fraction of sp³-hybridized carbons (Fsp3) is 0.0588. The van der Waals surface area contributed by atoms with Gasteiger partial charge in [0.05, 0.1) is 5.52 Å². The minimum atomic E-state index is 0.566. The van der Waals surface area contributed by atoms with Gasteiger partial charge in [0.1, 0.15) is 11.2 Å². The number of benzene rings is 2. The molecule has 0 aliphatic heterocycles. The Bertz CT molecular complexity index is 924. The molecule has 0 amide bonds. The molecule has 2 heterocycles. The maximum atomic E-state index is 5.78. The summed E-state index contributed by atoms with van der Waals surface area (Å²) in [6, 6.07) is 18.0. The summed E-state index contributed by atoms with van der Waals surface area (Å²) < 4.78 is 5.78. The molecule has 20 heavy (non-hydrogen) atoms. The lowest BCUT2D eigenvalue weighted by Gasteiger charge is -1.98. The van der Waals surface area contributed by atoms with Crippen molar-refractivity contribution in [1.29, 1.82) is 0 Å². The van der Waals surface area contributed by atoms with Crippen molar-refractivity contribution >= 4 is 22.0 Å². The van der Waals surface area contributed by atoms with Crippen LogP contribution in [-0.4, -0.2) is 9.97 Å². The van der Waals surface area contributed by atoms with Gasteiger partial charge in [-0.3, -0.25) is 0 Å². The van der Waals surface area contributed by atoms with Gasteiger partial charge >= 0.3 is 0 Å². The van der Waals surface area contributed by atoms with Crippen molar-refractivity contribution in [3.05, 3.63) is 60.2 Å². The van der Waals surface area contributed by atoms with E-state index in [0.29, 0.717) is 5.89 Å². The molecule has 96 valence electrons. The van der Waals surface area contributed by atoms with Crippen LogP contribution in [-0.2, 0) is 0 Å². The third-order valence-corrected chi connectivity index (χ3v) is 3.36. The average Bonchev–Trinajstić information content (AvgIpc) is 2.89. The summed E-state index contributed by atoms with van der Waals surface area (Å²) in [5.74, 6) is 0.566. The third kappa shape index (κ3) is 1.75. The molecule has 0 fully saturated rings. The fourth-order valence-electron chi connectivity index (χ4n) is 2.33. The Morgan fingerprint density at radius 3 is 2.70 bits per heavy atom. The summed E-state index contributed by atoms with van der Waals surface area (Å²) in [7, 11) is 0. The maximum Gasteiger partial charge on any atom is 0.246 e. The Morgan fingerprint density at radius 2 is 1.75 bits per heavy atom. The molecule has 0 aliphatic rings. The van der Waals surface area contributed by atoms with E-state index in [-0.39, 0.29) is 0 Å². The predicted molar refractivity (Wildman–Crippen MR) is 79.5 cm³/mol. The van der Waals surface area contributed by atoms with E-state index in [1.165, 1.54) is 5.56 Å². The van der Waals surface area contributed by atoms with E-state index >= 15 is 0 Å². The largest absolute Gasteiger partial charge is 0.435 e. The fourth-order valence-corrected chi connectivity index (χ4v) is 2.33. The molecule has 0 unspecified atom stereocenters.